The van der Waals surface area contributed by atoms with Gasteiger partial charge in [0.05, 0.1) is 11.4 Å². The van der Waals surface area contributed by atoms with Gasteiger partial charge in [-0.2, -0.15) is 0 Å². The number of aryl methyl sites for hydroxylation is 2. The highest BCUT2D eigenvalue weighted by Crippen LogP contribution is 2.19. The zero-order chi connectivity index (χ0) is 16.7. The van der Waals surface area contributed by atoms with Crippen molar-refractivity contribution in [3.8, 4) is 5.75 Å². The molecule has 0 aliphatic heterocycles. The van der Waals surface area contributed by atoms with Gasteiger partial charge in [0.15, 0.2) is 6.73 Å². The number of nitrogens with two attached hydrogens (primary N) is 1. The molecule has 4 N–H and O–H groups in total. The Kier molecular flexibility index (Phi) is 5.86. The molecule has 2 aromatic rings. The maximum atomic E-state index is 11.8. The average Bonchev–Trinajstić information content (AvgIpc) is 2.53. The molecule has 2 aromatic carbocycles. The average molecular weight is 313 g/mol. The van der Waals surface area contributed by atoms with Crippen LogP contribution in [0.5, 0.6) is 5.75 Å². The summed E-state index contributed by atoms with van der Waals surface area (Å²) < 4.78 is 5.50. The Morgan fingerprint density at radius 2 is 1.91 bits per heavy atom. The number of benzene rings is 2. The van der Waals surface area contributed by atoms with Crippen LogP contribution in [-0.4, -0.2) is 12.8 Å². The normalized spacial score (nSPS) is 10.2. The van der Waals surface area contributed by atoms with Crippen LogP contribution in [-0.2, 0) is 6.42 Å². The fraction of sp³-hybridized carbons (Fsp3) is 0.278. The van der Waals surface area contributed by atoms with E-state index in [1.54, 1.807) is 6.07 Å². The van der Waals surface area contributed by atoms with E-state index < -0.39 is 0 Å². The van der Waals surface area contributed by atoms with Gasteiger partial charge in [0.2, 0.25) is 0 Å². The first-order valence-corrected chi connectivity index (χ1v) is 7.71. The lowest BCUT2D eigenvalue weighted by Crippen LogP contribution is -2.32. The number of anilines is 2. The number of urea groups is 1. The fourth-order valence-electron chi connectivity index (χ4n) is 2.17. The zero-order valence-electron chi connectivity index (χ0n) is 13.6. The van der Waals surface area contributed by atoms with Gasteiger partial charge in [-0.3, -0.25) is 0 Å². The number of carbonyl (C=O) groups is 1. The van der Waals surface area contributed by atoms with Crippen molar-refractivity contribution in [1.29, 1.82) is 0 Å². The number of ether oxygens (including phenoxy) is 1. The van der Waals surface area contributed by atoms with Crippen LogP contribution in [0.2, 0.25) is 0 Å². The standard InChI is InChI=1S/C18H23N3O2/c1-3-4-14-6-8-15(9-7-14)23-12-20-18(22)21-17-11-13(2)5-10-16(17)19/h5-11H,3-4,12,19H2,1-2H3,(H2,20,21,22). The number of hydrogen-bond donors (Lipinski definition) is 3. The molecule has 5 heteroatoms. The smallest absolute Gasteiger partial charge is 0.321 e. The van der Waals surface area contributed by atoms with Crippen molar-refractivity contribution in [1.82, 2.24) is 5.32 Å². The second-order valence-electron chi connectivity index (χ2n) is 5.40. The van der Waals surface area contributed by atoms with Gasteiger partial charge in [0.25, 0.3) is 0 Å². The molecular formula is C18H23N3O2. The molecule has 0 fully saturated rings. The predicted octanol–water partition coefficient (Wildman–Crippen LogP) is 3.69. The summed E-state index contributed by atoms with van der Waals surface area (Å²) in [7, 11) is 0. The second-order valence-corrected chi connectivity index (χ2v) is 5.40. The molecule has 0 aliphatic carbocycles. The fourth-order valence-corrected chi connectivity index (χ4v) is 2.17. The maximum Gasteiger partial charge on any atom is 0.321 e. The number of nitrogen functional groups attached to an aromatic ring is 1. The van der Waals surface area contributed by atoms with Crippen LogP contribution < -0.4 is 21.1 Å². The van der Waals surface area contributed by atoms with Gasteiger partial charge < -0.3 is 21.1 Å². The molecule has 0 aliphatic rings. The van der Waals surface area contributed by atoms with Crippen LogP contribution in [0.3, 0.4) is 0 Å². The first-order chi connectivity index (χ1) is 11.1. The zero-order valence-corrected chi connectivity index (χ0v) is 13.6. The topological polar surface area (TPSA) is 76.4 Å². The summed E-state index contributed by atoms with van der Waals surface area (Å²) in [5.41, 5.74) is 9.24. The van der Waals surface area contributed by atoms with Crippen LogP contribution >= 0.6 is 0 Å². The van der Waals surface area contributed by atoms with E-state index in [9.17, 15) is 4.79 Å². The van der Waals surface area contributed by atoms with Crippen LogP contribution in [0.15, 0.2) is 42.5 Å². The van der Waals surface area contributed by atoms with Crippen LogP contribution in [0.4, 0.5) is 16.2 Å². The molecule has 5 nitrogen and oxygen atoms in total. The third-order valence-corrected chi connectivity index (χ3v) is 3.39. The first-order valence-electron chi connectivity index (χ1n) is 7.71. The van der Waals surface area contributed by atoms with E-state index in [4.69, 9.17) is 10.5 Å². The van der Waals surface area contributed by atoms with Gasteiger partial charge in [-0.15, -0.1) is 0 Å². The van der Waals surface area contributed by atoms with Crippen molar-refractivity contribution in [3.05, 3.63) is 53.6 Å². The molecule has 2 amide bonds. The van der Waals surface area contributed by atoms with Crippen molar-refractivity contribution < 1.29 is 9.53 Å². The first kappa shape index (κ1) is 16.7. The highest BCUT2D eigenvalue weighted by Gasteiger charge is 2.05. The molecule has 23 heavy (non-hydrogen) atoms. The number of hydrogen-bond acceptors (Lipinski definition) is 3. The van der Waals surface area contributed by atoms with Crippen LogP contribution in [0.25, 0.3) is 0 Å². The molecular weight excluding hydrogens is 290 g/mol. The molecule has 2 rings (SSSR count). The van der Waals surface area contributed by atoms with Gasteiger partial charge in [-0.05, 0) is 48.7 Å². The Morgan fingerprint density at radius 3 is 2.61 bits per heavy atom. The summed E-state index contributed by atoms with van der Waals surface area (Å²) in [4.78, 5) is 11.8. The van der Waals surface area contributed by atoms with E-state index in [0.29, 0.717) is 11.4 Å². The molecule has 0 heterocycles. The third-order valence-electron chi connectivity index (χ3n) is 3.39. The molecule has 0 saturated heterocycles. The molecule has 0 bridgehead atoms. The van der Waals surface area contributed by atoms with E-state index in [-0.39, 0.29) is 12.8 Å². The Balaban J connectivity index is 1.79. The van der Waals surface area contributed by atoms with Gasteiger partial charge in [0.1, 0.15) is 5.75 Å². The molecule has 0 saturated carbocycles. The maximum absolute atomic E-state index is 11.8. The Labute approximate surface area is 136 Å². The van der Waals surface area contributed by atoms with E-state index in [0.717, 1.165) is 24.2 Å². The predicted molar refractivity (Wildman–Crippen MR) is 93.7 cm³/mol. The minimum atomic E-state index is -0.357. The Hall–Kier alpha value is -2.69. The molecule has 122 valence electrons. The minimum Gasteiger partial charge on any atom is -0.473 e. The largest absolute Gasteiger partial charge is 0.473 e. The van der Waals surface area contributed by atoms with E-state index in [2.05, 4.69) is 17.6 Å². The van der Waals surface area contributed by atoms with Crippen molar-refractivity contribution in [2.75, 3.05) is 17.8 Å². The van der Waals surface area contributed by atoms with E-state index in [1.807, 2.05) is 43.3 Å². The van der Waals surface area contributed by atoms with Gasteiger partial charge in [0, 0.05) is 0 Å². The summed E-state index contributed by atoms with van der Waals surface area (Å²) in [6.07, 6.45) is 2.17. The lowest BCUT2D eigenvalue weighted by molar-refractivity contribution is 0.234. The number of rotatable bonds is 6. The van der Waals surface area contributed by atoms with Crippen molar-refractivity contribution in [2.24, 2.45) is 0 Å². The Bertz CT molecular complexity index is 654. The minimum absolute atomic E-state index is 0.0880. The second kappa shape index (κ2) is 8.08. The summed E-state index contributed by atoms with van der Waals surface area (Å²) in [5.74, 6) is 0.722. The summed E-state index contributed by atoms with van der Waals surface area (Å²) >= 11 is 0. The van der Waals surface area contributed by atoms with Gasteiger partial charge in [-0.1, -0.05) is 31.5 Å². The summed E-state index contributed by atoms with van der Waals surface area (Å²) in [5, 5.41) is 5.35. The molecule has 0 radical (unpaired) electrons. The van der Waals surface area contributed by atoms with Crippen molar-refractivity contribution in [2.45, 2.75) is 26.7 Å². The van der Waals surface area contributed by atoms with Crippen molar-refractivity contribution >= 4 is 17.4 Å². The summed E-state index contributed by atoms with van der Waals surface area (Å²) in [6.45, 7) is 4.17. The lowest BCUT2D eigenvalue weighted by Gasteiger charge is -2.11. The van der Waals surface area contributed by atoms with Gasteiger partial charge in [-0.25, -0.2) is 4.79 Å². The number of amides is 2. The SMILES string of the molecule is CCCc1ccc(OCNC(=O)Nc2cc(C)ccc2N)cc1. The molecule has 0 unspecified atom stereocenters. The molecule has 0 aromatic heterocycles. The highest BCUT2D eigenvalue weighted by molar-refractivity contribution is 5.92. The van der Waals surface area contributed by atoms with E-state index >= 15 is 0 Å². The highest BCUT2D eigenvalue weighted by atomic mass is 16.5. The van der Waals surface area contributed by atoms with Crippen molar-refractivity contribution in [3.63, 3.8) is 0 Å². The van der Waals surface area contributed by atoms with Gasteiger partial charge >= 0.3 is 6.03 Å². The number of carbonyl (C=O) groups excluding carboxylic acids is 1. The quantitative estimate of drug-likeness (QED) is 0.562. The Morgan fingerprint density at radius 1 is 1.17 bits per heavy atom. The summed E-state index contributed by atoms with van der Waals surface area (Å²) in [6, 6.07) is 13.0. The lowest BCUT2D eigenvalue weighted by atomic mass is 10.1. The van der Waals surface area contributed by atoms with Crippen LogP contribution in [0, 0.1) is 6.92 Å². The molecule has 0 atom stereocenters. The van der Waals surface area contributed by atoms with Crippen LogP contribution in [0.1, 0.15) is 24.5 Å². The third kappa shape index (κ3) is 5.21. The monoisotopic (exact) mass is 313 g/mol. The molecule has 0 spiro atoms. The number of nitrogens with one attached hydrogen (secondary N) is 2. The van der Waals surface area contributed by atoms with E-state index in [1.165, 1.54) is 5.56 Å².